The smallest absolute Gasteiger partial charge is 0.258 e. The number of para-hydroxylation sites is 1. The van der Waals surface area contributed by atoms with Gasteiger partial charge in [-0.15, -0.1) is 0 Å². The molecule has 28 heavy (non-hydrogen) atoms. The monoisotopic (exact) mass is 393 g/mol. The minimum atomic E-state index is -3.74. The highest BCUT2D eigenvalue weighted by Crippen LogP contribution is 2.29. The van der Waals surface area contributed by atoms with Crippen molar-refractivity contribution in [3.8, 4) is 0 Å². The average Bonchev–Trinajstić information content (AvgIpc) is 3.17. The molecule has 0 atom stereocenters. The summed E-state index contributed by atoms with van der Waals surface area (Å²) in [6, 6.07) is 17.4. The molecule has 0 fully saturated rings. The molecule has 1 N–H and O–H groups in total. The molecule has 0 radical (unpaired) electrons. The van der Waals surface area contributed by atoms with Crippen LogP contribution in [-0.2, 0) is 23.0 Å². The number of nitrogens with one attached hydrogen (secondary N) is 1. The summed E-state index contributed by atoms with van der Waals surface area (Å²) < 4.78 is 27.9. The second-order valence-electron chi connectivity index (χ2n) is 6.54. The first-order valence-corrected chi connectivity index (χ1v) is 10.4. The second kappa shape index (κ2) is 7.53. The maximum Gasteiger partial charge on any atom is 0.258 e. The quantitative estimate of drug-likeness (QED) is 0.723. The van der Waals surface area contributed by atoms with Crippen molar-refractivity contribution in [3.05, 3.63) is 89.7 Å². The number of hydrogen-bond donors (Lipinski definition) is 1. The Morgan fingerprint density at radius 3 is 2.64 bits per heavy atom. The van der Waals surface area contributed by atoms with Crippen LogP contribution in [0.4, 0.5) is 5.69 Å². The van der Waals surface area contributed by atoms with Crippen LogP contribution in [-0.4, -0.2) is 25.9 Å². The summed E-state index contributed by atoms with van der Waals surface area (Å²) in [5.74, 6) is -0.198. The number of anilines is 1. The third-order valence-corrected chi connectivity index (χ3v) is 6.14. The first kappa shape index (κ1) is 18.3. The summed E-state index contributed by atoms with van der Waals surface area (Å²) in [5.41, 5.74) is 3.16. The Labute approximate surface area is 163 Å². The van der Waals surface area contributed by atoms with Crippen LogP contribution in [0.5, 0.6) is 0 Å². The molecule has 1 amide bonds. The molecule has 0 unspecified atom stereocenters. The zero-order valence-corrected chi connectivity index (χ0v) is 15.9. The summed E-state index contributed by atoms with van der Waals surface area (Å²) in [6.45, 7) is 0.748. The fourth-order valence-electron chi connectivity index (χ4n) is 3.26. The predicted molar refractivity (Wildman–Crippen MR) is 107 cm³/mol. The number of hydrogen-bond acceptors (Lipinski definition) is 4. The molecule has 0 saturated carbocycles. The number of carbonyl (C=O) groups excluding carboxylic acids is 1. The Morgan fingerprint density at radius 2 is 1.82 bits per heavy atom. The fraction of sp³-hybridized carbons (Fsp3) is 0.143. The molecule has 7 heteroatoms. The maximum absolute atomic E-state index is 13.0. The van der Waals surface area contributed by atoms with Crippen LogP contribution in [0, 0.1) is 0 Å². The Morgan fingerprint density at radius 1 is 1.04 bits per heavy atom. The second-order valence-corrected chi connectivity index (χ2v) is 8.31. The lowest BCUT2D eigenvalue weighted by molar-refractivity contribution is 0.0989. The van der Waals surface area contributed by atoms with Gasteiger partial charge in [-0.25, -0.2) is 13.1 Å². The number of fused-ring (bicyclic) bond motifs is 1. The highest BCUT2D eigenvalue weighted by molar-refractivity contribution is 7.89. The van der Waals surface area contributed by atoms with E-state index in [4.69, 9.17) is 0 Å². The van der Waals surface area contributed by atoms with Gasteiger partial charge in [0.25, 0.3) is 5.91 Å². The van der Waals surface area contributed by atoms with Crippen molar-refractivity contribution in [1.82, 2.24) is 9.71 Å². The number of pyridine rings is 1. The number of carbonyl (C=O) groups is 1. The minimum absolute atomic E-state index is 0.0693. The van der Waals surface area contributed by atoms with Crippen molar-refractivity contribution in [2.75, 3.05) is 11.4 Å². The highest BCUT2D eigenvalue weighted by Gasteiger charge is 2.26. The van der Waals surface area contributed by atoms with Gasteiger partial charge < -0.3 is 4.90 Å². The van der Waals surface area contributed by atoms with E-state index in [9.17, 15) is 13.2 Å². The van der Waals surface area contributed by atoms with Crippen molar-refractivity contribution in [3.63, 3.8) is 0 Å². The van der Waals surface area contributed by atoms with Gasteiger partial charge in [-0.1, -0.05) is 24.3 Å². The Kier molecular flexibility index (Phi) is 4.93. The van der Waals surface area contributed by atoms with E-state index in [1.807, 2.05) is 24.3 Å². The molecule has 142 valence electrons. The van der Waals surface area contributed by atoms with Crippen LogP contribution >= 0.6 is 0 Å². The van der Waals surface area contributed by atoms with Crippen LogP contribution in [0.3, 0.4) is 0 Å². The first-order valence-electron chi connectivity index (χ1n) is 8.93. The number of rotatable bonds is 5. The van der Waals surface area contributed by atoms with E-state index < -0.39 is 10.0 Å². The summed E-state index contributed by atoms with van der Waals surface area (Å²) >= 11 is 0. The number of sulfonamides is 1. The predicted octanol–water partition coefficient (Wildman–Crippen LogP) is 2.76. The lowest BCUT2D eigenvalue weighted by atomic mass is 10.1. The van der Waals surface area contributed by atoms with Gasteiger partial charge in [-0.2, -0.15) is 0 Å². The normalized spacial score (nSPS) is 13.4. The molecule has 2 aromatic carbocycles. The van der Waals surface area contributed by atoms with E-state index >= 15 is 0 Å². The summed E-state index contributed by atoms with van der Waals surface area (Å²) in [5, 5.41) is 0. The summed E-state index contributed by atoms with van der Waals surface area (Å²) in [4.78, 5) is 18.7. The molecule has 1 aliphatic rings. The standard InChI is InChI=1S/C21H19N3O3S/c25-21(24-13-10-17-4-1-2-7-20(17)24)18-5-3-6-19(14-18)28(26,27)23-15-16-8-11-22-12-9-16/h1-9,11-12,14,23H,10,13,15H2. The molecule has 1 aromatic heterocycles. The molecular formula is C21H19N3O3S. The van der Waals surface area contributed by atoms with Gasteiger partial charge in [0.15, 0.2) is 0 Å². The van der Waals surface area contributed by atoms with E-state index in [-0.39, 0.29) is 17.3 Å². The zero-order valence-electron chi connectivity index (χ0n) is 15.1. The topological polar surface area (TPSA) is 79.4 Å². The van der Waals surface area contributed by atoms with Gasteiger partial charge in [0.1, 0.15) is 0 Å². The van der Waals surface area contributed by atoms with Gasteiger partial charge in [-0.05, 0) is 53.9 Å². The molecule has 6 nitrogen and oxygen atoms in total. The molecule has 3 aromatic rings. The van der Waals surface area contributed by atoms with Gasteiger partial charge in [0.05, 0.1) is 4.90 Å². The molecule has 0 aliphatic carbocycles. The molecule has 0 bridgehead atoms. The Hall–Kier alpha value is -3.03. The number of nitrogens with zero attached hydrogens (tertiary/aromatic N) is 2. The number of amides is 1. The molecular weight excluding hydrogens is 374 g/mol. The Bertz CT molecular complexity index is 1110. The molecule has 0 saturated heterocycles. The van der Waals surface area contributed by atoms with Crippen LogP contribution in [0.2, 0.25) is 0 Å². The van der Waals surface area contributed by atoms with Crippen molar-refractivity contribution < 1.29 is 13.2 Å². The summed E-state index contributed by atoms with van der Waals surface area (Å²) in [6.07, 6.45) is 4.01. The van der Waals surface area contributed by atoms with E-state index in [1.165, 1.54) is 12.1 Å². The lowest BCUT2D eigenvalue weighted by Gasteiger charge is -2.18. The summed E-state index contributed by atoms with van der Waals surface area (Å²) in [7, 11) is -3.74. The molecule has 4 rings (SSSR count). The van der Waals surface area contributed by atoms with Crippen LogP contribution < -0.4 is 9.62 Å². The SMILES string of the molecule is O=C(c1cccc(S(=O)(=O)NCc2ccncc2)c1)N1CCc2ccccc21. The van der Waals surface area contributed by atoms with E-state index in [2.05, 4.69) is 9.71 Å². The van der Waals surface area contributed by atoms with E-state index in [0.717, 1.165) is 23.2 Å². The van der Waals surface area contributed by atoms with Gasteiger partial charge in [0, 0.05) is 36.7 Å². The van der Waals surface area contributed by atoms with Gasteiger partial charge in [-0.3, -0.25) is 9.78 Å². The van der Waals surface area contributed by atoms with Crippen molar-refractivity contribution >= 4 is 21.6 Å². The van der Waals surface area contributed by atoms with Crippen molar-refractivity contribution in [1.29, 1.82) is 0 Å². The molecule has 1 aliphatic heterocycles. The van der Waals surface area contributed by atoms with Gasteiger partial charge in [0.2, 0.25) is 10.0 Å². The van der Waals surface area contributed by atoms with Gasteiger partial charge >= 0.3 is 0 Å². The lowest BCUT2D eigenvalue weighted by Crippen LogP contribution is -2.29. The molecule has 0 spiro atoms. The Balaban J connectivity index is 1.55. The number of benzene rings is 2. The largest absolute Gasteiger partial charge is 0.308 e. The average molecular weight is 393 g/mol. The van der Waals surface area contributed by atoms with E-state index in [0.29, 0.717) is 12.1 Å². The van der Waals surface area contributed by atoms with Crippen LogP contribution in [0.15, 0.2) is 78.0 Å². The first-order chi connectivity index (χ1) is 13.5. The zero-order chi connectivity index (χ0) is 19.6. The van der Waals surface area contributed by atoms with Crippen molar-refractivity contribution in [2.45, 2.75) is 17.9 Å². The maximum atomic E-state index is 13.0. The number of aromatic nitrogens is 1. The van der Waals surface area contributed by atoms with Crippen LogP contribution in [0.25, 0.3) is 0 Å². The highest BCUT2D eigenvalue weighted by atomic mass is 32.2. The van der Waals surface area contributed by atoms with E-state index in [1.54, 1.807) is 41.6 Å². The third kappa shape index (κ3) is 3.67. The minimum Gasteiger partial charge on any atom is -0.308 e. The fourth-order valence-corrected chi connectivity index (χ4v) is 4.33. The molecule has 2 heterocycles. The third-order valence-electron chi connectivity index (χ3n) is 4.74. The van der Waals surface area contributed by atoms with Crippen LogP contribution in [0.1, 0.15) is 21.5 Å². The van der Waals surface area contributed by atoms with Crippen molar-refractivity contribution in [2.24, 2.45) is 0 Å².